The molecule has 130 valence electrons. The summed E-state index contributed by atoms with van der Waals surface area (Å²) in [7, 11) is 1.61. The molecule has 1 amide bonds. The minimum atomic E-state index is -0.953. The van der Waals surface area contributed by atoms with E-state index in [-0.39, 0.29) is 12.5 Å². The number of aryl methyl sites for hydroxylation is 1. The fourth-order valence-corrected chi connectivity index (χ4v) is 2.52. The van der Waals surface area contributed by atoms with Crippen molar-refractivity contribution in [1.82, 2.24) is 14.9 Å². The Morgan fingerprint density at radius 1 is 1.42 bits per heavy atom. The van der Waals surface area contributed by atoms with Gasteiger partial charge in [-0.15, -0.1) is 0 Å². The highest BCUT2D eigenvalue weighted by Gasteiger charge is 2.25. The second kappa shape index (κ2) is 7.05. The van der Waals surface area contributed by atoms with Crippen molar-refractivity contribution in [2.45, 2.75) is 33.3 Å². The van der Waals surface area contributed by atoms with Gasteiger partial charge in [0.2, 0.25) is 0 Å². The molecule has 0 spiro atoms. The standard InChI is InChI=1S/C18H25N3O3/c1-6-21(11-18(3,4)23)17(22)15-12(2)19-16(20-15)13-8-7-9-14(10-13)24-5/h7-10,23H,6,11H2,1-5H3,(H,19,20). The maximum absolute atomic E-state index is 12.7. The van der Waals surface area contributed by atoms with Crippen molar-refractivity contribution in [1.29, 1.82) is 0 Å². The van der Waals surface area contributed by atoms with Gasteiger partial charge in [-0.1, -0.05) is 12.1 Å². The number of aliphatic hydroxyl groups is 1. The van der Waals surface area contributed by atoms with Crippen molar-refractivity contribution in [3.8, 4) is 17.1 Å². The van der Waals surface area contributed by atoms with Crippen molar-refractivity contribution in [3.63, 3.8) is 0 Å². The summed E-state index contributed by atoms with van der Waals surface area (Å²) in [6.07, 6.45) is 0. The molecule has 24 heavy (non-hydrogen) atoms. The average molecular weight is 331 g/mol. The number of hydrogen-bond acceptors (Lipinski definition) is 4. The molecule has 0 aliphatic carbocycles. The van der Waals surface area contributed by atoms with E-state index in [9.17, 15) is 9.90 Å². The number of H-pyrrole nitrogens is 1. The van der Waals surface area contributed by atoms with Gasteiger partial charge in [0.05, 0.1) is 12.7 Å². The number of likely N-dealkylation sites (N-methyl/N-ethyl adjacent to an activating group) is 1. The number of methoxy groups -OCH3 is 1. The van der Waals surface area contributed by atoms with Gasteiger partial charge in [-0.25, -0.2) is 4.98 Å². The topological polar surface area (TPSA) is 78.4 Å². The average Bonchev–Trinajstić information content (AvgIpc) is 2.93. The Labute approximate surface area is 142 Å². The number of aromatic nitrogens is 2. The van der Waals surface area contributed by atoms with E-state index in [1.807, 2.05) is 38.1 Å². The molecule has 0 aliphatic rings. The first-order valence-electron chi connectivity index (χ1n) is 7.98. The first kappa shape index (κ1) is 18.0. The normalized spacial score (nSPS) is 11.4. The molecule has 0 atom stereocenters. The molecule has 1 heterocycles. The van der Waals surface area contributed by atoms with Crippen molar-refractivity contribution in [3.05, 3.63) is 35.7 Å². The van der Waals surface area contributed by atoms with Crippen LogP contribution in [0.1, 0.15) is 37.0 Å². The van der Waals surface area contributed by atoms with Crippen LogP contribution >= 0.6 is 0 Å². The van der Waals surface area contributed by atoms with E-state index < -0.39 is 5.60 Å². The molecule has 1 aromatic carbocycles. The fourth-order valence-electron chi connectivity index (χ4n) is 2.52. The molecule has 2 rings (SSSR count). The highest BCUT2D eigenvalue weighted by atomic mass is 16.5. The van der Waals surface area contributed by atoms with E-state index in [0.29, 0.717) is 23.8 Å². The van der Waals surface area contributed by atoms with Crippen LogP contribution in [0.2, 0.25) is 0 Å². The van der Waals surface area contributed by atoms with E-state index in [1.165, 1.54) is 0 Å². The third-order valence-corrected chi connectivity index (χ3v) is 3.68. The number of hydrogen-bond donors (Lipinski definition) is 2. The van der Waals surface area contributed by atoms with Crippen LogP contribution in [0.5, 0.6) is 5.75 Å². The Bertz CT molecular complexity index is 717. The van der Waals surface area contributed by atoms with E-state index in [4.69, 9.17) is 4.74 Å². The zero-order valence-corrected chi connectivity index (χ0v) is 14.9. The number of carbonyl (C=O) groups excluding carboxylic acids is 1. The third-order valence-electron chi connectivity index (χ3n) is 3.68. The lowest BCUT2D eigenvalue weighted by Gasteiger charge is -2.27. The Morgan fingerprint density at radius 2 is 2.12 bits per heavy atom. The lowest BCUT2D eigenvalue weighted by Crippen LogP contribution is -2.42. The predicted octanol–water partition coefficient (Wildman–Crippen LogP) is 2.63. The van der Waals surface area contributed by atoms with Crippen LogP contribution < -0.4 is 4.74 Å². The highest BCUT2D eigenvalue weighted by molar-refractivity contribution is 5.94. The number of nitrogens with zero attached hydrogens (tertiary/aromatic N) is 2. The Kier molecular flexibility index (Phi) is 5.29. The summed E-state index contributed by atoms with van der Waals surface area (Å²) in [5, 5.41) is 9.99. The van der Waals surface area contributed by atoms with Gasteiger partial charge in [0.15, 0.2) is 0 Å². The molecule has 0 aliphatic heterocycles. The largest absolute Gasteiger partial charge is 0.497 e. The summed E-state index contributed by atoms with van der Waals surface area (Å²) in [5.41, 5.74) is 0.971. The molecule has 2 N–H and O–H groups in total. The van der Waals surface area contributed by atoms with Crippen molar-refractivity contribution in [2.75, 3.05) is 20.2 Å². The third kappa shape index (κ3) is 4.14. The van der Waals surface area contributed by atoms with Crippen molar-refractivity contribution < 1.29 is 14.6 Å². The molecule has 6 nitrogen and oxygen atoms in total. The number of nitrogens with one attached hydrogen (secondary N) is 1. The lowest BCUT2D eigenvalue weighted by atomic mass is 10.1. The van der Waals surface area contributed by atoms with Crippen LogP contribution in [-0.2, 0) is 0 Å². The van der Waals surface area contributed by atoms with Gasteiger partial charge in [-0.05, 0) is 39.8 Å². The molecule has 0 radical (unpaired) electrons. The van der Waals surface area contributed by atoms with Crippen molar-refractivity contribution >= 4 is 5.91 Å². The van der Waals surface area contributed by atoms with Gasteiger partial charge in [-0.3, -0.25) is 4.79 Å². The lowest BCUT2D eigenvalue weighted by molar-refractivity contribution is 0.0311. The molecule has 1 aromatic heterocycles. The highest BCUT2D eigenvalue weighted by Crippen LogP contribution is 2.23. The van der Waals surface area contributed by atoms with Gasteiger partial charge < -0.3 is 19.7 Å². The van der Waals surface area contributed by atoms with E-state index >= 15 is 0 Å². The van der Waals surface area contributed by atoms with Crippen LogP contribution in [-0.4, -0.2) is 51.7 Å². The molecule has 0 unspecified atom stereocenters. The SMILES string of the molecule is CCN(CC(C)(C)O)C(=O)c1nc(-c2cccc(OC)c2)[nH]c1C. The number of rotatable bonds is 6. The number of ether oxygens (including phenoxy) is 1. The molecule has 2 aromatic rings. The monoisotopic (exact) mass is 331 g/mol. The minimum Gasteiger partial charge on any atom is -0.497 e. The first-order valence-corrected chi connectivity index (χ1v) is 7.98. The number of benzene rings is 1. The first-order chi connectivity index (χ1) is 11.2. The summed E-state index contributed by atoms with van der Waals surface area (Å²) >= 11 is 0. The minimum absolute atomic E-state index is 0.192. The van der Waals surface area contributed by atoms with Crippen LogP contribution in [0.25, 0.3) is 11.4 Å². The predicted molar refractivity (Wildman–Crippen MR) is 93.2 cm³/mol. The zero-order valence-electron chi connectivity index (χ0n) is 14.9. The number of carbonyl (C=O) groups is 1. The smallest absolute Gasteiger partial charge is 0.274 e. The number of aromatic amines is 1. The van der Waals surface area contributed by atoms with Gasteiger partial charge in [0.25, 0.3) is 5.91 Å². The van der Waals surface area contributed by atoms with E-state index in [0.717, 1.165) is 11.3 Å². The fraction of sp³-hybridized carbons (Fsp3) is 0.444. The maximum Gasteiger partial charge on any atom is 0.274 e. The molecule has 0 fully saturated rings. The zero-order chi connectivity index (χ0) is 17.9. The molecule has 6 heteroatoms. The van der Waals surface area contributed by atoms with Gasteiger partial charge in [0, 0.05) is 24.3 Å². The summed E-state index contributed by atoms with van der Waals surface area (Å²) in [6, 6.07) is 7.50. The molecular formula is C18H25N3O3. The molecule has 0 saturated heterocycles. The van der Waals surface area contributed by atoms with Crippen molar-refractivity contribution in [2.24, 2.45) is 0 Å². The molecular weight excluding hydrogens is 306 g/mol. The van der Waals surface area contributed by atoms with Crippen LogP contribution in [0.4, 0.5) is 0 Å². The van der Waals surface area contributed by atoms with Crippen LogP contribution in [0.3, 0.4) is 0 Å². The van der Waals surface area contributed by atoms with Gasteiger partial charge in [-0.2, -0.15) is 0 Å². The summed E-state index contributed by atoms with van der Waals surface area (Å²) in [5.74, 6) is 1.16. The number of amides is 1. The van der Waals surface area contributed by atoms with Gasteiger partial charge >= 0.3 is 0 Å². The second-order valence-corrected chi connectivity index (χ2v) is 6.42. The van der Waals surface area contributed by atoms with Crippen LogP contribution in [0, 0.1) is 6.92 Å². The Morgan fingerprint density at radius 3 is 2.71 bits per heavy atom. The second-order valence-electron chi connectivity index (χ2n) is 6.42. The van der Waals surface area contributed by atoms with E-state index in [2.05, 4.69) is 9.97 Å². The Hall–Kier alpha value is -2.34. The number of imidazole rings is 1. The Balaban J connectivity index is 2.32. The van der Waals surface area contributed by atoms with Gasteiger partial charge in [0.1, 0.15) is 17.3 Å². The summed E-state index contributed by atoms with van der Waals surface area (Å²) in [4.78, 5) is 22.0. The van der Waals surface area contributed by atoms with Crippen LogP contribution in [0.15, 0.2) is 24.3 Å². The maximum atomic E-state index is 12.7. The van der Waals surface area contributed by atoms with E-state index in [1.54, 1.807) is 25.9 Å². The summed E-state index contributed by atoms with van der Waals surface area (Å²) in [6.45, 7) is 7.83. The quantitative estimate of drug-likeness (QED) is 0.853. The summed E-state index contributed by atoms with van der Waals surface area (Å²) < 4.78 is 5.23. The molecule has 0 bridgehead atoms. The molecule has 0 saturated carbocycles.